The van der Waals surface area contributed by atoms with Crippen LogP contribution in [0.25, 0.3) is 0 Å². The minimum Gasteiger partial charge on any atom is -0.249 e. The van der Waals surface area contributed by atoms with Gasteiger partial charge in [-0.05, 0) is 26.1 Å². The van der Waals surface area contributed by atoms with Crippen molar-refractivity contribution in [2.45, 2.75) is 19.8 Å². The molecular weight excluding hydrogens is 117 g/mol. The third-order valence-electron chi connectivity index (χ3n) is 1.08. The molecule has 0 saturated heterocycles. The molecule has 0 aromatic carbocycles. The Morgan fingerprint density at radius 3 is 3.12 bits per heavy atom. The van der Waals surface area contributed by atoms with Crippen molar-refractivity contribution in [2.75, 3.05) is 0 Å². The highest BCUT2D eigenvalue weighted by molar-refractivity contribution is 7.26. The maximum Gasteiger partial charge on any atom is 0.0312 e. The molecule has 1 rings (SSSR count). The monoisotopic (exact) mass is 127 g/mol. The van der Waals surface area contributed by atoms with Gasteiger partial charge >= 0.3 is 0 Å². The van der Waals surface area contributed by atoms with E-state index in [0.717, 1.165) is 8.35 Å². The number of hydrogen-bond acceptors (Lipinski definition) is 1. The summed E-state index contributed by atoms with van der Waals surface area (Å²) in [6.07, 6.45) is 4.39. The summed E-state index contributed by atoms with van der Waals surface area (Å²) < 4.78 is 4.09. The lowest BCUT2D eigenvalue weighted by molar-refractivity contribution is 0.940. The second-order valence-corrected chi connectivity index (χ2v) is 2.96. The molecule has 1 atom stereocenters. The van der Waals surface area contributed by atoms with Gasteiger partial charge in [-0.2, -0.15) is 0 Å². The molecule has 2 heteroatoms. The number of aromatic nitrogens is 1. The van der Waals surface area contributed by atoms with Crippen LogP contribution >= 0.6 is 8.35 Å². The summed E-state index contributed by atoms with van der Waals surface area (Å²) in [7, 11) is 0.737. The van der Waals surface area contributed by atoms with E-state index in [-0.39, 0.29) is 0 Å². The highest BCUT2D eigenvalue weighted by Gasteiger charge is 1.86. The molecule has 0 N–H and O–H groups in total. The van der Waals surface area contributed by atoms with E-state index >= 15 is 0 Å². The fourth-order valence-corrected chi connectivity index (χ4v) is 1.52. The van der Waals surface area contributed by atoms with E-state index in [1.165, 1.54) is 18.1 Å². The van der Waals surface area contributed by atoms with E-state index < -0.39 is 0 Å². The van der Waals surface area contributed by atoms with E-state index in [4.69, 9.17) is 0 Å². The van der Waals surface area contributed by atoms with Crippen LogP contribution in [-0.2, 0) is 6.42 Å². The molecule has 0 aliphatic heterocycles. The van der Waals surface area contributed by atoms with Gasteiger partial charge in [-0.15, -0.1) is 0 Å². The summed E-state index contributed by atoms with van der Waals surface area (Å²) in [6, 6.07) is 2.13. The van der Waals surface area contributed by atoms with Crippen LogP contribution in [0.5, 0.6) is 0 Å². The molecule has 0 saturated carbocycles. The number of aryl methyl sites for hydroxylation is 1. The SMILES string of the molecule is CCCc1ccn[pH]1. The largest absolute Gasteiger partial charge is 0.249 e. The minimum atomic E-state index is 0.737. The van der Waals surface area contributed by atoms with Crippen LogP contribution in [0.2, 0.25) is 0 Å². The predicted octanol–water partition coefficient (Wildman–Crippen LogP) is 2.07. The van der Waals surface area contributed by atoms with E-state index in [9.17, 15) is 0 Å². The molecule has 1 heterocycles. The zero-order chi connectivity index (χ0) is 5.82. The topological polar surface area (TPSA) is 12.9 Å². The first-order chi connectivity index (χ1) is 3.93. The quantitative estimate of drug-likeness (QED) is 0.592. The van der Waals surface area contributed by atoms with Crippen molar-refractivity contribution in [3.8, 4) is 0 Å². The fraction of sp³-hybridized carbons (Fsp3) is 0.500. The highest BCUT2D eigenvalue weighted by Crippen LogP contribution is 2.11. The Balaban J connectivity index is 2.50. The van der Waals surface area contributed by atoms with Crippen molar-refractivity contribution in [1.29, 1.82) is 0 Å². The van der Waals surface area contributed by atoms with Gasteiger partial charge in [-0.25, -0.2) is 4.75 Å². The van der Waals surface area contributed by atoms with Crippen LogP contribution in [0, 0.1) is 0 Å². The molecule has 44 valence electrons. The maximum absolute atomic E-state index is 4.09. The van der Waals surface area contributed by atoms with Crippen LogP contribution in [0.4, 0.5) is 0 Å². The highest BCUT2D eigenvalue weighted by atomic mass is 31.0. The second-order valence-electron chi connectivity index (χ2n) is 1.83. The Hall–Kier alpha value is -0.290. The molecule has 8 heavy (non-hydrogen) atoms. The summed E-state index contributed by atoms with van der Waals surface area (Å²) in [6.45, 7) is 2.20. The van der Waals surface area contributed by atoms with Crippen LogP contribution in [0.15, 0.2) is 12.3 Å². The molecule has 1 aromatic rings. The summed E-state index contributed by atoms with van der Waals surface area (Å²) in [5.41, 5.74) is 0. The van der Waals surface area contributed by atoms with Gasteiger partial charge in [0.25, 0.3) is 0 Å². The maximum atomic E-state index is 4.09. The van der Waals surface area contributed by atoms with Crippen LogP contribution < -0.4 is 0 Å². The van der Waals surface area contributed by atoms with E-state index in [1.807, 2.05) is 6.20 Å². The molecule has 0 amide bonds. The third kappa shape index (κ3) is 1.34. The Labute approximate surface area is 51.3 Å². The lowest BCUT2D eigenvalue weighted by Gasteiger charge is -1.85. The average Bonchev–Trinajstić information content (AvgIpc) is 2.19. The first-order valence-corrected chi connectivity index (χ1v) is 3.86. The molecule has 1 unspecified atom stereocenters. The van der Waals surface area contributed by atoms with E-state index in [2.05, 4.69) is 17.7 Å². The van der Waals surface area contributed by atoms with Crippen molar-refractivity contribution in [1.82, 2.24) is 4.75 Å². The minimum absolute atomic E-state index is 0.737. The zero-order valence-electron chi connectivity index (χ0n) is 5.02. The molecule has 1 aromatic heterocycles. The molecule has 1 nitrogen and oxygen atoms in total. The first-order valence-electron chi connectivity index (χ1n) is 2.91. The number of hydrogen-bond donors (Lipinski definition) is 0. The first kappa shape index (κ1) is 5.84. The van der Waals surface area contributed by atoms with Crippen molar-refractivity contribution < 1.29 is 0 Å². The van der Waals surface area contributed by atoms with E-state index in [1.54, 1.807) is 0 Å². The summed E-state index contributed by atoms with van der Waals surface area (Å²) in [5.74, 6) is 0. The number of nitrogens with zero attached hydrogens (tertiary/aromatic N) is 1. The third-order valence-corrected chi connectivity index (χ3v) is 2.06. The molecule has 0 radical (unpaired) electrons. The molecule has 0 aliphatic rings. The zero-order valence-corrected chi connectivity index (χ0v) is 6.02. The van der Waals surface area contributed by atoms with Gasteiger partial charge in [-0.3, -0.25) is 0 Å². The summed E-state index contributed by atoms with van der Waals surface area (Å²) >= 11 is 0. The van der Waals surface area contributed by atoms with Crippen LogP contribution in [0.1, 0.15) is 18.6 Å². The standard InChI is InChI=1S/C6H10NP/c1-2-3-6-4-5-7-8-6/h4-5,8H,2-3H2,1H3. The Bertz CT molecular complexity index is 134. The smallest absolute Gasteiger partial charge is 0.0312 e. The molecular formula is C6H10NP. The van der Waals surface area contributed by atoms with Gasteiger partial charge < -0.3 is 0 Å². The lowest BCUT2D eigenvalue weighted by Crippen LogP contribution is -1.70. The van der Waals surface area contributed by atoms with Crippen molar-refractivity contribution >= 4 is 8.35 Å². The van der Waals surface area contributed by atoms with Gasteiger partial charge in [0.1, 0.15) is 0 Å². The Morgan fingerprint density at radius 1 is 1.75 bits per heavy atom. The van der Waals surface area contributed by atoms with Gasteiger partial charge in [-0.1, -0.05) is 13.3 Å². The molecule has 0 spiro atoms. The second kappa shape index (κ2) is 2.88. The van der Waals surface area contributed by atoms with Gasteiger partial charge in [0.15, 0.2) is 0 Å². The van der Waals surface area contributed by atoms with Crippen LogP contribution in [-0.4, -0.2) is 4.75 Å². The summed E-state index contributed by atoms with van der Waals surface area (Å²) in [5, 5.41) is 1.51. The number of rotatable bonds is 2. The molecule has 0 bridgehead atoms. The van der Waals surface area contributed by atoms with E-state index in [0.29, 0.717) is 0 Å². The average molecular weight is 127 g/mol. The van der Waals surface area contributed by atoms with Crippen molar-refractivity contribution in [3.05, 3.63) is 17.6 Å². The molecule has 0 aliphatic carbocycles. The molecule has 0 fully saturated rings. The van der Waals surface area contributed by atoms with Crippen LogP contribution in [0.3, 0.4) is 0 Å². The Kier molecular flexibility index (Phi) is 2.11. The summed E-state index contributed by atoms with van der Waals surface area (Å²) in [4.78, 5) is 0. The lowest BCUT2D eigenvalue weighted by atomic mass is 10.3. The van der Waals surface area contributed by atoms with Crippen molar-refractivity contribution in [2.24, 2.45) is 0 Å². The van der Waals surface area contributed by atoms with Gasteiger partial charge in [0.05, 0.1) is 0 Å². The van der Waals surface area contributed by atoms with Gasteiger partial charge in [0, 0.05) is 6.20 Å². The fourth-order valence-electron chi connectivity index (χ4n) is 0.693. The van der Waals surface area contributed by atoms with Crippen molar-refractivity contribution in [3.63, 3.8) is 0 Å². The Morgan fingerprint density at radius 2 is 2.62 bits per heavy atom. The normalized spacial score (nSPS) is 10.6. The predicted molar refractivity (Wildman–Crippen MR) is 37.7 cm³/mol. The van der Waals surface area contributed by atoms with Gasteiger partial charge in [0.2, 0.25) is 0 Å².